The van der Waals surface area contributed by atoms with Gasteiger partial charge in [0.25, 0.3) is 5.91 Å². The number of ether oxygens (including phenoxy) is 1. The molecular formula is C18H18N2O3. The number of phenols is 1. The Labute approximate surface area is 134 Å². The van der Waals surface area contributed by atoms with Crippen LogP contribution in [0.3, 0.4) is 0 Å². The van der Waals surface area contributed by atoms with Gasteiger partial charge in [0.05, 0.1) is 13.3 Å². The van der Waals surface area contributed by atoms with Crippen LogP contribution in [0.5, 0.6) is 11.5 Å². The van der Waals surface area contributed by atoms with Crippen molar-refractivity contribution in [3.05, 3.63) is 71.8 Å². The summed E-state index contributed by atoms with van der Waals surface area (Å²) in [6.45, 7) is 3.65. The Balaban J connectivity index is 2.08. The summed E-state index contributed by atoms with van der Waals surface area (Å²) >= 11 is 0. The fourth-order valence-electron chi connectivity index (χ4n) is 2.02. The first-order chi connectivity index (χ1) is 11.2. The number of rotatable bonds is 6. The molecule has 0 spiro atoms. The molecule has 2 aromatic carbocycles. The second kappa shape index (κ2) is 7.79. The maximum absolute atomic E-state index is 12.0. The van der Waals surface area contributed by atoms with E-state index < -0.39 is 0 Å². The van der Waals surface area contributed by atoms with Crippen LogP contribution in [0.1, 0.15) is 21.5 Å². The number of carbonyl (C=O) groups excluding carboxylic acids is 1. The average Bonchev–Trinajstić information content (AvgIpc) is 2.58. The van der Waals surface area contributed by atoms with Crippen LogP contribution in [0, 0.1) is 0 Å². The van der Waals surface area contributed by atoms with Crippen LogP contribution in [0.2, 0.25) is 0 Å². The van der Waals surface area contributed by atoms with Gasteiger partial charge in [-0.1, -0.05) is 24.3 Å². The molecule has 0 heterocycles. The first-order valence-electron chi connectivity index (χ1n) is 7.05. The van der Waals surface area contributed by atoms with E-state index in [1.54, 1.807) is 36.4 Å². The van der Waals surface area contributed by atoms with Crippen LogP contribution in [0.4, 0.5) is 0 Å². The van der Waals surface area contributed by atoms with Crippen molar-refractivity contribution >= 4 is 12.1 Å². The maximum atomic E-state index is 12.0. The molecule has 2 rings (SSSR count). The third-order valence-corrected chi connectivity index (χ3v) is 3.22. The highest BCUT2D eigenvalue weighted by Gasteiger charge is 2.06. The second-order valence-electron chi connectivity index (χ2n) is 4.78. The second-order valence-corrected chi connectivity index (χ2v) is 4.78. The van der Waals surface area contributed by atoms with Gasteiger partial charge in [-0.25, -0.2) is 5.43 Å². The molecule has 23 heavy (non-hydrogen) atoms. The van der Waals surface area contributed by atoms with Crippen molar-refractivity contribution in [1.29, 1.82) is 0 Å². The number of methoxy groups -OCH3 is 1. The minimum absolute atomic E-state index is 0.131. The van der Waals surface area contributed by atoms with Crippen molar-refractivity contribution in [3.8, 4) is 11.5 Å². The normalized spacial score (nSPS) is 10.5. The van der Waals surface area contributed by atoms with Crippen molar-refractivity contribution in [2.45, 2.75) is 6.42 Å². The van der Waals surface area contributed by atoms with Gasteiger partial charge in [-0.15, -0.1) is 6.58 Å². The topological polar surface area (TPSA) is 70.9 Å². The van der Waals surface area contributed by atoms with Gasteiger partial charge in [0, 0.05) is 11.1 Å². The van der Waals surface area contributed by atoms with Gasteiger partial charge in [0.15, 0.2) is 0 Å². The molecule has 0 unspecified atom stereocenters. The number of hydrazone groups is 1. The smallest absolute Gasteiger partial charge is 0.271 e. The van der Waals surface area contributed by atoms with Gasteiger partial charge in [-0.3, -0.25) is 4.79 Å². The van der Waals surface area contributed by atoms with Crippen molar-refractivity contribution in [2.24, 2.45) is 5.10 Å². The number of phenolic OH excluding ortho intramolecular Hbond substituents is 1. The largest absolute Gasteiger partial charge is 0.507 e. The summed E-state index contributed by atoms with van der Waals surface area (Å²) in [7, 11) is 1.54. The Hall–Kier alpha value is -3.08. The fraction of sp³-hybridized carbons (Fsp3) is 0.111. The van der Waals surface area contributed by atoms with E-state index in [1.165, 1.54) is 13.3 Å². The van der Waals surface area contributed by atoms with Crippen LogP contribution in [0.25, 0.3) is 0 Å². The maximum Gasteiger partial charge on any atom is 0.271 e. The van der Waals surface area contributed by atoms with E-state index in [1.807, 2.05) is 12.1 Å². The minimum atomic E-state index is -0.359. The van der Waals surface area contributed by atoms with Crippen LogP contribution in [-0.2, 0) is 6.42 Å². The molecule has 0 aliphatic rings. The highest BCUT2D eigenvalue weighted by Crippen LogP contribution is 2.21. The summed E-state index contributed by atoms with van der Waals surface area (Å²) < 4.78 is 5.07. The molecule has 0 atom stereocenters. The monoisotopic (exact) mass is 310 g/mol. The lowest BCUT2D eigenvalue weighted by atomic mass is 10.1. The fourth-order valence-corrected chi connectivity index (χ4v) is 2.02. The summed E-state index contributed by atoms with van der Waals surface area (Å²) in [6, 6.07) is 12.1. The molecule has 0 saturated heterocycles. The van der Waals surface area contributed by atoms with Gasteiger partial charge in [-0.05, 0) is 36.2 Å². The number of allylic oxidation sites excluding steroid dienone is 1. The lowest BCUT2D eigenvalue weighted by molar-refractivity contribution is 0.0954. The third-order valence-electron chi connectivity index (χ3n) is 3.22. The van der Waals surface area contributed by atoms with E-state index in [4.69, 9.17) is 4.74 Å². The van der Waals surface area contributed by atoms with E-state index in [0.29, 0.717) is 23.3 Å². The van der Waals surface area contributed by atoms with Gasteiger partial charge in [0.2, 0.25) is 0 Å². The Morgan fingerprint density at radius 1 is 1.35 bits per heavy atom. The van der Waals surface area contributed by atoms with Gasteiger partial charge in [-0.2, -0.15) is 5.10 Å². The average molecular weight is 310 g/mol. The molecule has 2 aromatic rings. The number of hydrogen-bond acceptors (Lipinski definition) is 4. The van der Waals surface area contributed by atoms with E-state index in [2.05, 4.69) is 17.1 Å². The SMILES string of the molecule is C=CCc1cccc(C=NNC(=O)c2cccc(OC)c2)c1O. The molecule has 0 fully saturated rings. The predicted molar refractivity (Wildman–Crippen MR) is 90.1 cm³/mol. The lowest BCUT2D eigenvalue weighted by Gasteiger charge is -2.05. The standard InChI is InChI=1S/C18H18N2O3/c1-3-6-13-7-4-9-15(17(13)21)12-19-20-18(22)14-8-5-10-16(11-14)23-2/h3-5,7-12,21H,1,6H2,2H3,(H,20,22). The number of hydrogen-bond donors (Lipinski definition) is 2. The molecule has 0 bridgehead atoms. The predicted octanol–water partition coefficient (Wildman–Crippen LogP) is 2.89. The molecular weight excluding hydrogens is 292 g/mol. The molecule has 0 saturated carbocycles. The van der Waals surface area contributed by atoms with Gasteiger partial charge < -0.3 is 9.84 Å². The minimum Gasteiger partial charge on any atom is -0.507 e. The molecule has 2 N–H and O–H groups in total. The van der Waals surface area contributed by atoms with Crippen molar-refractivity contribution < 1.29 is 14.6 Å². The zero-order valence-corrected chi connectivity index (χ0v) is 12.8. The van der Waals surface area contributed by atoms with Crippen LogP contribution < -0.4 is 10.2 Å². The van der Waals surface area contributed by atoms with E-state index in [-0.39, 0.29) is 11.7 Å². The third kappa shape index (κ3) is 4.20. The molecule has 0 aromatic heterocycles. The lowest BCUT2D eigenvalue weighted by Crippen LogP contribution is -2.17. The van der Waals surface area contributed by atoms with Crippen molar-refractivity contribution in [1.82, 2.24) is 5.43 Å². The summed E-state index contributed by atoms with van der Waals surface area (Å²) in [6.07, 6.45) is 3.67. The number of nitrogens with one attached hydrogen (secondary N) is 1. The summed E-state index contributed by atoms with van der Waals surface area (Å²) in [5, 5.41) is 14.0. The number of benzene rings is 2. The molecule has 118 valence electrons. The molecule has 1 amide bonds. The Morgan fingerprint density at radius 3 is 2.87 bits per heavy atom. The van der Waals surface area contributed by atoms with Crippen LogP contribution in [0.15, 0.2) is 60.2 Å². The quantitative estimate of drug-likeness (QED) is 0.489. The molecule has 0 aliphatic carbocycles. The van der Waals surface area contributed by atoms with Gasteiger partial charge >= 0.3 is 0 Å². The van der Waals surface area contributed by atoms with Crippen LogP contribution >= 0.6 is 0 Å². The van der Waals surface area contributed by atoms with Crippen molar-refractivity contribution in [2.75, 3.05) is 7.11 Å². The molecule has 0 radical (unpaired) electrons. The van der Waals surface area contributed by atoms with Crippen molar-refractivity contribution in [3.63, 3.8) is 0 Å². The number of para-hydroxylation sites is 1. The number of carbonyl (C=O) groups is 1. The zero-order valence-electron chi connectivity index (χ0n) is 12.8. The summed E-state index contributed by atoms with van der Waals surface area (Å²) in [5.41, 5.74) is 4.13. The first-order valence-corrected chi connectivity index (χ1v) is 7.05. The highest BCUT2D eigenvalue weighted by molar-refractivity contribution is 5.95. The van der Waals surface area contributed by atoms with Gasteiger partial charge in [0.1, 0.15) is 11.5 Å². The summed E-state index contributed by atoms with van der Waals surface area (Å²) in [4.78, 5) is 12.0. The van der Waals surface area contributed by atoms with E-state index in [0.717, 1.165) is 5.56 Å². The Morgan fingerprint density at radius 2 is 2.13 bits per heavy atom. The Kier molecular flexibility index (Phi) is 5.52. The first kappa shape index (κ1) is 16.3. The number of nitrogens with zero attached hydrogens (tertiary/aromatic N) is 1. The molecule has 5 nitrogen and oxygen atoms in total. The van der Waals surface area contributed by atoms with E-state index in [9.17, 15) is 9.90 Å². The van der Waals surface area contributed by atoms with E-state index >= 15 is 0 Å². The molecule has 0 aliphatic heterocycles. The number of amides is 1. The zero-order chi connectivity index (χ0) is 16.7. The highest BCUT2D eigenvalue weighted by atomic mass is 16.5. The van der Waals surface area contributed by atoms with Crippen LogP contribution in [-0.4, -0.2) is 24.3 Å². The molecule has 5 heteroatoms. The number of aromatic hydroxyl groups is 1. The summed E-state index contributed by atoms with van der Waals surface area (Å²) in [5.74, 6) is 0.366. The Bertz CT molecular complexity index is 739.